The predicted octanol–water partition coefficient (Wildman–Crippen LogP) is 2.63. The maximum Gasteiger partial charge on any atom is 0.217 e. The van der Waals surface area contributed by atoms with E-state index in [0.717, 1.165) is 43.3 Å². The zero-order valence-corrected chi connectivity index (χ0v) is 19.8. The number of ether oxygens (including phenoxy) is 2. The highest BCUT2D eigenvalue weighted by molar-refractivity contribution is 5.80. The number of anilines is 2. The van der Waals surface area contributed by atoms with Crippen molar-refractivity contribution in [2.24, 2.45) is 10.1 Å². The molecule has 3 rings (SSSR count). The van der Waals surface area contributed by atoms with E-state index in [4.69, 9.17) is 9.47 Å². The summed E-state index contributed by atoms with van der Waals surface area (Å²) in [6.07, 6.45) is 2.83. The molecule has 1 aliphatic rings. The lowest BCUT2D eigenvalue weighted by Crippen LogP contribution is -2.39. The van der Waals surface area contributed by atoms with Crippen molar-refractivity contribution >= 4 is 23.7 Å². The number of benzene rings is 1. The molecule has 1 saturated heterocycles. The topological polar surface area (TPSA) is 95.4 Å². The van der Waals surface area contributed by atoms with Crippen molar-refractivity contribution in [1.82, 2.24) is 15.6 Å². The van der Waals surface area contributed by atoms with Gasteiger partial charge in [0.05, 0.1) is 26.0 Å². The van der Waals surface area contributed by atoms with Crippen LogP contribution in [0.3, 0.4) is 0 Å². The number of pyridine rings is 1. The van der Waals surface area contributed by atoms with E-state index in [0.29, 0.717) is 38.1 Å². The molecule has 33 heavy (non-hydrogen) atoms. The molecule has 1 aliphatic heterocycles. The van der Waals surface area contributed by atoms with E-state index in [1.54, 1.807) is 13.3 Å². The predicted molar refractivity (Wildman–Crippen MR) is 135 cm³/mol. The first kappa shape index (κ1) is 24.3. The van der Waals surface area contributed by atoms with E-state index < -0.39 is 0 Å². The van der Waals surface area contributed by atoms with Gasteiger partial charge in [0.15, 0.2) is 11.8 Å². The van der Waals surface area contributed by atoms with Gasteiger partial charge in [-0.1, -0.05) is 36.8 Å². The minimum absolute atomic E-state index is 0.457. The van der Waals surface area contributed by atoms with Crippen LogP contribution in [0.15, 0.2) is 46.5 Å². The number of aromatic nitrogens is 1. The number of nitrogens with one attached hydrogen (secondary N) is 3. The van der Waals surface area contributed by atoms with Gasteiger partial charge in [-0.15, -0.1) is 0 Å². The van der Waals surface area contributed by atoms with Gasteiger partial charge in [0.2, 0.25) is 5.88 Å². The Balaban J connectivity index is 1.64. The quantitative estimate of drug-likeness (QED) is 0.220. The fourth-order valence-electron chi connectivity index (χ4n) is 3.34. The first-order chi connectivity index (χ1) is 16.2. The minimum Gasteiger partial charge on any atom is -0.476 e. The van der Waals surface area contributed by atoms with Gasteiger partial charge in [-0.25, -0.2) is 0 Å². The Morgan fingerprint density at radius 2 is 2.00 bits per heavy atom. The summed E-state index contributed by atoms with van der Waals surface area (Å²) >= 11 is 0. The summed E-state index contributed by atoms with van der Waals surface area (Å²) in [6.45, 7) is 9.20. The summed E-state index contributed by atoms with van der Waals surface area (Å²) in [4.78, 5) is 11.1. The second-order valence-electron chi connectivity index (χ2n) is 7.71. The Labute approximate surface area is 196 Å². The fourth-order valence-corrected chi connectivity index (χ4v) is 3.34. The number of hydrogen-bond acceptors (Lipinski definition) is 7. The number of aliphatic imine (C=N–C) groups is 1. The third kappa shape index (κ3) is 8.27. The number of morpholine rings is 1. The maximum atomic E-state index is 5.95. The van der Waals surface area contributed by atoms with Crippen LogP contribution in [0.25, 0.3) is 0 Å². The van der Waals surface area contributed by atoms with E-state index in [9.17, 15) is 0 Å². The average molecular weight is 454 g/mol. The average Bonchev–Trinajstić information content (AvgIpc) is 2.84. The molecule has 9 nitrogen and oxygen atoms in total. The van der Waals surface area contributed by atoms with E-state index in [2.05, 4.69) is 62.0 Å². The van der Waals surface area contributed by atoms with Crippen molar-refractivity contribution in [3.05, 3.63) is 47.5 Å². The number of hydrogen-bond donors (Lipinski definition) is 3. The van der Waals surface area contributed by atoms with Gasteiger partial charge >= 0.3 is 0 Å². The zero-order valence-electron chi connectivity index (χ0n) is 19.8. The first-order valence-electron chi connectivity index (χ1n) is 11.5. The molecule has 3 N–H and O–H groups in total. The summed E-state index contributed by atoms with van der Waals surface area (Å²) in [5.74, 6) is 1.94. The molecule has 0 spiro atoms. The molecule has 0 atom stereocenters. The molecule has 178 valence electrons. The van der Waals surface area contributed by atoms with Crippen molar-refractivity contribution in [3.8, 4) is 5.88 Å². The number of guanidine groups is 1. The molecule has 1 fully saturated rings. The molecule has 1 aromatic carbocycles. The van der Waals surface area contributed by atoms with E-state index >= 15 is 0 Å². The minimum atomic E-state index is 0.457. The zero-order chi connectivity index (χ0) is 23.3. The second-order valence-corrected chi connectivity index (χ2v) is 7.71. The molecule has 0 aliphatic carbocycles. The van der Waals surface area contributed by atoms with Crippen molar-refractivity contribution in [1.29, 1.82) is 0 Å². The number of rotatable bonds is 10. The standard InChI is InChI=1S/C24H35N7O2/c1-4-8-26-24(25-3)27-9-12-33-23-17-21(31-10-13-32-14-11-31)16-22(29-23)30-28-18-20-7-5-6-19(2)15-20/h5-7,15-18H,4,8-14H2,1-3H3,(H,29,30)(H2,25,26,27)/b28-18+. The fraction of sp³-hybridized carbons (Fsp3) is 0.458. The van der Waals surface area contributed by atoms with Gasteiger partial charge in [0.25, 0.3) is 0 Å². The molecule has 0 amide bonds. The summed E-state index contributed by atoms with van der Waals surface area (Å²) in [5, 5.41) is 10.9. The maximum absolute atomic E-state index is 5.95. The van der Waals surface area contributed by atoms with Crippen molar-refractivity contribution in [2.75, 3.05) is 63.4 Å². The van der Waals surface area contributed by atoms with Crippen molar-refractivity contribution in [3.63, 3.8) is 0 Å². The summed E-state index contributed by atoms with van der Waals surface area (Å²) in [7, 11) is 1.76. The molecule has 1 aromatic heterocycles. The summed E-state index contributed by atoms with van der Waals surface area (Å²) in [5.41, 5.74) is 6.30. The van der Waals surface area contributed by atoms with Gasteiger partial charge in [0, 0.05) is 44.5 Å². The van der Waals surface area contributed by atoms with Gasteiger partial charge in [-0.05, 0) is 18.9 Å². The Morgan fingerprint density at radius 1 is 1.18 bits per heavy atom. The summed E-state index contributed by atoms with van der Waals surface area (Å²) in [6, 6.07) is 12.1. The van der Waals surface area contributed by atoms with Crippen molar-refractivity contribution < 1.29 is 9.47 Å². The molecule has 0 bridgehead atoms. The molecular formula is C24H35N7O2. The van der Waals surface area contributed by atoms with Crippen LogP contribution in [0.5, 0.6) is 5.88 Å². The van der Waals surface area contributed by atoms with Gasteiger partial charge < -0.3 is 25.0 Å². The third-order valence-corrected chi connectivity index (χ3v) is 5.01. The molecule has 0 saturated carbocycles. The Hall–Kier alpha value is -3.33. The Morgan fingerprint density at radius 3 is 2.76 bits per heavy atom. The monoisotopic (exact) mass is 453 g/mol. The van der Waals surface area contributed by atoms with Crippen LogP contribution < -0.4 is 25.7 Å². The first-order valence-corrected chi connectivity index (χ1v) is 11.5. The number of aryl methyl sites for hydroxylation is 1. The lowest BCUT2D eigenvalue weighted by molar-refractivity contribution is 0.122. The van der Waals surface area contributed by atoms with Crippen LogP contribution in [-0.4, -0.2) is 70.2 Å². The Kier molecular flexibility index (Phi) is 9.78. The van der Waals surface area contributed by atoms with Crippen LogP contribution in [0.4, 0.5) is 11.5 Å². The molecule has 0 radical (unpaired) electrons. The lowest BCUT2D eigenvalue weighted by atomic mass is 10.2. The van der Waals surface area contributed by atoms with Gasteiger partial charge in [-0.2, -0.15) is 10.1 Å². The van der Waals surface area contributed by atoms with Gasteiger partial charge in [-0.3, -0.25) is 10.4 Å². The normalized spacial score (nSPS) is 14.4. The summed E-state index contributed by atoms with van der Waals surface area (Å²) < 4.78 is 11.4. The van der Waals surface area contributed by atoms with Crippen molar-refractivity contribution in [2.45, 2.75) is 20.3 Å². The highest BCUT2D eigenvalue weighted by Gasteiger charge is 2.14. The second kappa shape index (κ2) is 13.3. The molecular weight excluding hydrogens is 418 g/mol. The number of hydrazone groups is 1. The lowest BCUT2D eigenvalue weighted by Gasteiger charge is -2.29. The molecule has 9 heteroatoms. The van der Waals surface area contributed by atoms with Crippen LogP contribution in [0.1, 0.15) is 24.5 Å². The molecule has 2 heterocycles. The van der Waals surface area contributed by atoms with Gasteiger partial charge in [0.1, 0.15) is 6.61 Å². The Bertz CT molecular complexity index is 927. The third-order valence-electron chi connectivity index (χ3n) is 5.01. The van der Waals surface area contributed by atoms with E-state index in [-0.39, 0.29) is 0 Å². The van der Waals surface area contributed by atoms with E-state index in [1.165, 1.54) is 5.56 Å². The van der Waals surface area contributed by atoms with Crippen LogP contribution >= 0.6 is 0 Å². The SMILES string of the molecule is CCCN/C(=N\C)NCCOc1cc(N2CCOCC2)cc(N/N=C/c2cccc(C)c2)n1. The van der Waals surface area contributed by atoms with Crippen LogP contribution in [-0.2, 0) is 4.74 Å². The molecule has 0 unspecified atom stereocenters. The van der Waals surface area contributed by atoms with E-state index in [1.807, 2.05) is 24.3 Å². The smallest absolute Gasteiger partial charge is 0.217 e. The van der Waals surface area contributed by atoms with Crippen LogP contribution in [0.2, 0.25) is 0 Å². The van der Waals surface area contributed by atoms with Crippen LogP contribution in [0, 0.1) is 6.92 Å². The number of nitrogens with zero attached hydrogens (tertiary/aromatic N) is 4. The highest BCUT2D eigenvalue weighted by Crippen LogP contribution is 2.24. The molecule has 2 aromatic rings. The highest BCUT2D eigenvalue weighted by atomic mass is 16.5. The largest absolute Gasteiger partial charge is 0.476 e.